The predicted octanol–water partition coefficient (Wildman–Crippen LogP) is 1.84. The van der Waals surface area contributed by atoms with E-state index in [1.807, 2.05) is 37.6 Å². The van der Waals surface area contributed by atoms with Gasteiger partial charge in [-0.3, -0.25) is 4.79 Å². The van der Waals surface area contributed by atoms with E-state index in [1.165, 1.54) is 0 Å². The summed E-state index contributed by atoms with van der Waals surface area (Å²) in [6.45, 7) is 5.91. The molecule has 90 valence electrons. The molecule has 2 atom stereocenters. The van der Waals surface area contributed by atoms with E-state index >= 15 is 0 Å². The van der Waals surface area contributed by atoms with Crippen molar-refractivity contribution in [2.45, 2.75) is 38.8 Å². The van der Waals surface area contributed by atoms with Gasteiger partial charge in [0.1, 0.15) is 11.8 Å². The molecule has 1 amide bonds. The summed E-state index contributed by atoms with van der Waals surface area (Å²) in [4.78, 5) is 11.9. The number of amides is 1. The van der Waals surface area contributed by atoms with E-state index in [2.05, 4.69) is 11.4 Å². The van der Waals surface area contributed by atoms with Gasteiger partial charge in [-0.05, 0) is 39.3 Å². The largest absolute Gasteiger partial charge is 0.351 e. The fraction of sp³-hybridized carbons (Fsp3) is 0.538. The minimum atomic E-state index is -0.195. The first-order valence-corrected chi connectivity index (χ1v) is 5.81. The van der Waals surface area contributed by atoms with E-state index in [-0.39, 0.29) is 23.4 Å². The summed E-state index contributed by atoms with van der Waals surface area (Å²) in [7, 11) is 0. The molecule has 2 rings (SSSR count). The van der Waals surface area contributed by atoms with Crippen LogP contribution in [0, 0.1) is 17.2 Å². The highest BCUT2D eigenvalue weighted by atomic mass is 16.2. The Morgan fingerprint density at radius 3 is 2.88 bits per heavy atom. The van der Waals surface area contributed by atoms with E-state index in [4.69, 9.17) is 5.26 Å². The zero-order chi connectivity index (χ0) is 12.6. The number of nitriles is 1. The van der Waals surface area contributed by atoms with Gasteiger partial charge in [-0.1, -0.05) is 0 Å². The van der Waals surface area contributed by atoms with E-state index < -0.39 is 0 Å². The van der Waals surface area contributed by atoms with Crippen molar-refractivity contribution in [3.8, 4) is 6.07 Å². The second-order valence-corrected chi connectivity index (χ2v) is 5.56. The molecule has 1 aromatic heterocycles. The number of rotatable bonds is 2. The summed E-state index contributed by atoms with van der Waals surface area (Å²) >= 11 is 0. The van der Waals surface area contributed by atoms with Gasteiger partial charge in [-0.2, -0.15) is 5.26 Å². The third kappa shape index (κ3) is 2.50. The topological polar surface area (TPSA) is 57.8 Å². The number of nitrogens with zero attached hydrogens (tertiary/aromatic N) is 2. The molecule has 1 aliphatic carbocycles. The first kappa shape index (κ1) is 11.7. The number of aromatic nitrogens is 1. The van der Waals surface area contributed by atoms with E-state index in [1.54, 1.807) is 6.07 Å². The van der Waals surface area contributed by atoms with Crippen LogP contribution in [-0.4, -0.2) is 16.0 Å². The van der Waals surface area contributed by atoms with E-state index in [0.29, 0.717) is 5.69 Å². The van der Waals surface area contributed by atoms with Crippen molar-refractivity contribution in [1.29, 1.82) is 5.26 Å². The molecule has 1 N–H and O–H groups in total. The Kier molecular flexibility index (Phi) is 2.70. The monoisotopic (exact) mass is 231 g/mol. The molecule has 0 saturated heterocycles. The van der Waals surface area contributed by atoms with Crippen molar-refractivity contribution in [2.24, 2.45) is 5.92 Å². The highest BCUT2D eigenvalue weighted by Gasteiger charge is 2.45. The van der Waals surface area contributed by atoms with E-state index in [0.717, 1.165) is 6.42 Å². The quantitative estimate of drug-likeness (QED) is 0.844. The number of carbonyl (C=O) groups excluding carboxylic acids is 1. The average Bonchev–Trinajstić information content (AvgIpc) is 2.87. The molecule has 17 heavy (non-hydrogen) atoms. The highest BCUT2D eigenvalue weighted by molar-refractivity contribution is 5.82. The number of hydrogen-bond acceptors (Lipinski definition) is 2. The third-order valence-corrected chi connectivity index (χ3v) is 2.84. The zero-order valence-corrected chi connectivity index (χ0v) is 10.4. The maximum atomic E-state index is 11.9. The molecule has 0 bridgehead atoms. The van der Waals surface area contributed by atoms with Crippen LogP contribution in [0.25, 0.3) is 0 Å². The van der Waals surface area contributed by atoms with Gasteiger partial charge in [-0.15, -0.1) is 0 Å². The first-order chi connectivity index (χ1) is 7.92. The maximum absolute atomic E-state index is 11.9. The van der Waals surface area contributed by atoms with Crippen molar-refractivity contribution in [2.75, 3.05) is 0 Å². The molecule has 4 heteroatoms. The molecule has 4 nitrogen and oxygen atoms in total. The maximum Gasteiger partial charge on any atom is 0.225 e. The van der Waals surface area contributed by atoms with Gasteiger partial charge in [0.2, 0.25) is 5.91 Å². The normalized spacial score (nSPS) is 22.9. The van der Waals surface area contributed by atoms with Crippen molar-refractivity contribution >= 4 is 5.91 Å². The molecular formula is C13H17N3O. The zero-order valence-electron chi connectivity index (χ0n) is 10.4. The van der Waals surface area contributed by atoms with Crippen LogP contribution in [0.3, 0.4) is 0 Å². The molecule has 0 unspecified atom stereocenters. The molecule has 1 fully saturated rings. The van der Waals surface area contributed by atoms with Crippen molar-refractivity contribution < 1.29 is 4.79 Å². The van der Waals surface area contributed by atoms with Crippen LogP contribution in [0.5, 0.6) is 0 Å². The third-order valence-electron chi connectivity index (χ3n) is 2.84. The van der Waals surface area contributed by atoms with Crippen LogP contribution in [0.1, 0.15) is 38.9 Å². The summed E-state index contributed by atoms with van der Waals surface area (Å²) < 4.78 is 1.90. The number of carbonyl (C=O) groups is 1. The molecule has 1 aliphatic rings. The molecule has 1 aromatic rings. The Bertz CT molecular complexity index is 476. The summed E-state index contributed by atoms with van der Waals surface area (Å²) in [5.74, 6) is 0.0915. The van der Waals surface area contributed by atoms with Gasteiger partial charge in [-0.25, -0.2) is 0 Å². The fourth-order valence-corrected chi connectivity index (χ4v) is 2.01. The predicted molar refractivity (Wildman–Crippen MR) is 64.2 cm³/mol. The van der Waals surface area contributed by atoms with Gasteiger partial charge >= 0.3 is 0 Å². The summed E-state index contributed by atoms with van der Waals surface area (Å²) in [5, 5.41) is 11.9. The molecule has 0 radical (unpaired) electrons. The molecular weight excluding hydrogens is 214 g/mol. The first-order valence-electron chi connectivity index (χ1n) is 5.81. The lowest BCUT2D eigenvalue weighted by Crippen LogP contribution is -2.41. The average molecular weight is 231 g/mol. The van der Waals surface area contributed by atoms with Crippen LogP contribution in [0.4, 0.5) is 0 Å². The van der Waals surface area contributed by atoms with Crippen LogP contribution >= 0.6 is 0 Å². The van der Waals surface area contributed by atoms with Gasteiger partial charge in [0.25, 0.3) is 0 Å². The lowest BCUT2D eigenvalue weighted by molar-refractivity contribution is -0.123. The Morgan fingerprint density at radius 1 is 1.59 bits per heavy atom. The van der Waals surface area contributed by atoms with E-state index in [9.17, 15) is 4.79 Å². The summed E-state index contributed by atoms with van der Waals surface area (Å²) in [5.41, 5.74) is 0.431. The molecule has 1 heterocycles. The van der Waals surface area contributed by atoms with Gasteiger partial charge in [0, 0.05) is 17.8 Å². The Hall–Kier alpha value is -1.76. The minimum absolute atomic E-state index is 0.00808. The van der Waals surface area contributed by atoms with Gasteiger partial charge in [0.15, 0.2) is 0 Å². The van der Waals surface area contributed by atoms with Crippen molar-refractivity contribution in [3.05, 3.63) is 24.0 Å². The lowest BCUT2D eigenvalue weighted by Gasteiger charge is -2.20. The lowest BCUT2D eigenvalue weighted by atomic mass is 10.1. The number of nitrogens with one attached hydrogen (secondary N) is 1. The summed E-state index contributed by atoms with van der Waals surface area (Å²) in [6, 6.07) is 5.91. The Balaban J connectivity index is 2.02. The van der Waals surface area contributed by atoms with Gasteiger partial charge in [0.05, 0.1) is 5.92 Å². The molecule has 1 saturated carbocycles. The second kappa shape index (κ2) is 3.92. The minimum Gasteiger partial charge on any atom is -0.351 e. The van der Waals surface area contributed by atoms with Crippen LogP contribution in [0.2, 0.25) is 0 Å². The van der Waals surface area contributed by atoms with Crippen molar-refractivity contribution in [1.82, 2.24) is 9.88 Å². The van der Waals surface area contributed by atoms with Gasteiger partial charge < -0.3 is 9.88 Å². The number of hydrogen-bond donors (Lipinski definition) is 1. The standard InChI is InChI=1S/C13H17N3O/c1-13(2,3)15-12(17)10-7-11(10)16-6-4-5-9(16)8-14/h4-6,10-11H,7H2,1-3H3,(H,15,17)/t10-,11-/m1/s1. The second-order valence-electron chi connectivity index (χ2n) is 5.56. The SMILES string of the molecule is CC(C)(C)NC(=O)[C@@H]1C[C@H]1n1cccc1C#N. The molecule has 0 aliphatic heterocycles. The van der Waals surface area contributed by atoms with Crippen LogP contribution in [0.15, 0.2) is 18.3 Å². The molecule has 0 aromatic carbocycles. The summed E-state index contributed by atoms with van der Waals surface area (Å²) in [6.07, 6.45) is 2.69. The van der Waals surface area contributed by atoms with Crippen LogP contribution < -0.4 is 5.32 Å². The fourth-order valence-electron chi connectivity index (χ4n) is 2.01. The smallest absolute Gasteiger partial charge is 0.225 e. The van der Waals surface area contributed by atoms with Crippen LogP contribution in [-0.2, 0) is 4.79 Å². The van der Waals surface area contributed by atoms with Crippen molar-refractivity contribution in [3.63, 3.8) is 0 Å². The molecule has 0 spiro atoms. The Morgan fingerprint density at radius 2 is 2.29 bits per heavy atom. The highest BCUT2D eigenvalue weighted by Crippen LogP contribution is 2.44. The Labute approximate surface area is 101 Å².